The molecule has 11 heteroatoms. The predicted molar refractivity (Wildman–Crippen MR) is 113 cm³/mol. The number of rotatable bonds is 4. The molecule has 2 aliphatic heterocycles. The van der Waals surface area contributed by atoms with Crippen LogP contribution in [0.4, 0.5) is 10.6 Å². The summed E-state index contributed by atoms with van der Waals surface area (Å²) in [6.45, 7) is 6.13. The molecule has 4 rings (SSSR count). The zero-order chi connectivity index (χ0) is 23.0. The van der Waals surface area contributed by atoms with Crippen molar-refractivity contribution in [1.82, 2.24) is 25.2 Å². The summed E-state index contributed by atoms with van der Waals surface area (Å²) in [7, 11) is 0. The minimum absolute atomic E-state index is 0.126. The lowest BCUT2D eigenvalue weighted by Crippen LogP contribution is -2.56. The fourth-order valence-electron chi connectivity index (χ4n) is 4.00. The number of amides is 2. The van der Waals surface area contributed by atoms with Gasteiger partial charge in [-0.25, -0.2) is 9.48 Å². The third kappa shape index (κ3) is 4.90. The second-order valence-electron chi connectivity index (χ2n) is 9.12. The molecule has 32 heavy (non-hydrogen) atoms. The van der Waals surface area contributed by atoms with Crippen LogP contribution in [0.3, 0.4) is 0 Å². The third-order valence-corrected chi connectivity index (χ3v) is 5.38. The van der Waals surface area contributed by atoms with Gasteiger partial charge in [0.1, 0.15) is 18.1 Å². The van der Waals surface area contributed by atoms with E-state index in [1.807, 2.05) is 12.1 Å². The van der Waals surface area contributed by atoms with Gasteiger partial charge in [0.15, 0.2) is 5.82 Å². The van der Waals surface area contributed by atoms with Crippen molar-refractivity contribution in [3.8, 4) is 0 Å². The monoisotopic (exact) mass is 444 g/mol. The highest BCUT2D eigenvalue weighted by Crippen LogP contribution is 2.29. The lowest BCUT2D eigenvalue weighted by atomic mass is 10.0. The summed E-state index contributed by atoms with van der Waals surface area (Å²) in [5.74, 6) is 0.154. The summed E-state index contributed by atoms with van der Waals surface area (Å²) in [5.41, 5.74) is 1.79. The molecule has 0 aliphatic carbocycles. The Kier molecular flexibility index (Phi) is 5.89. The van der Waals surface area contributed by atoms with E-state index in [-0.39, 0.29) is 11.7 Å². The zero-order valence-electron chi connectivity index (χ0n) is 18.3. The molecule has 2 amide bonds. The van der Waals surface area contributed by atoms with Crippen molar-refractivity contribution in [2.45, 2.75) is 70.8 Å². The van der Waals surface area contributed by atoms with Gasteiger partial charge in [0, 0.05) is 12.1 Å². The largest absolute Gasteiger partial charge is 0.444 e. The molecule has 2 aromatic rings. The zero-order valence-corrected chi connectivity index (χ0v) is 18.3. The van der Waals surface area contributed by atoms with Gasteiger partial charge in [0.2, 0.25) is 0 Å². The van der Waals surface area contributed by atoms with Crippen molar-refractivity contribution in [1.29, 1.82) is 0 Å². The first-order valence-corrected chi connectivity index (χ1v) is 10.5. The van der Waals surface area contributed by atoms with Crippen LogP contribution < -0.4 is 10.6 Å². The normalized spacial score (nSPS) is 23.2. The molecule has 3 atom stereocenters. The average molecular weight is 444 g/mol. The van der Waals surface area contributed by atoms with E-state index in [1.165, 1.54) is 0 Å². The summed E-state index contributed by atoms with van der Waals surface area (Å²) in [6, 6.07) is 5.18. The SMILES string of the molecule is CC(C)(C)OC(=O)Nc1cn(Cc2ccc3c(c2)CN(C2CCC(O)NC2O)C3=O)nn1. The van der Waals surface area contributed by atoms with Gasteiger partial charge in [-0.2, -0.15) is 0 Å². The van der Waals surface area contributed by atoms with Crippen LogP contribution in [0.15, 0.2) is 24.4 Å². The number of fused-ring (bicyclic) bond motifs is 1. The van der Waals surface area contributed by atoms with E-state index >= 15 is 0 Å². The number of piperidine rings is 1. The van der Waals surface area contributed by atoms with Gasteiger partial charge < -0.3 is 19.8 Å². The Hall–Kier alpha value is -3.02. The molecular weight excluding hydrogens is 416 g/mol. The first-order valence-electron chi connectivity index (χ1n) is 10.5. The molecule has 3 unspecified atom stereocenters. The highest BCUT2D eigenvalue weighted by atomic mass is 16.6. The fraction of sp³-hybridized carbons (Fsp3) is 0.524. The number of hydrogen-bond donors (Lipinski definition) is 4. The molecule has 1 saturated heterocycles. The van der Waals surface area contributed by atoms with Crippen molar-refractivity contribution in [2.75, 3.05) is 5.32 Å². The van der Waals surface area contributed by atoms with E-state index in [0.29, 0.717) is 31.5 Å². The molecule has 0 saturated carbocycles. The Morgan fingerprint density at radius 3 is 2.81 bits per heavy atom. The molecule has 0 bridgehead atoms. The number of benzene rings is 1. The van der Waals surface area contributed by atoms with E-state index in [2.05, 4.69) is 20.9 Å². The Bertz CT molecular complexity index is 1020. The number of ether oxygens (including phenoxy) is 1. The van der Waals surface area contributed by atoms with Gasteiger partial charge in [0.05, 0.1) is 18.8 Å². The summed E-state index contributed by atoms with van der Waals surface area (Å²) in [4.78, 5) is 26.4. The molecule has 2 aliphatic rings. The number of nitrogens with one attached hydrogen (secondary N) is 2. The third-order valence-electron chi connectivity index (χ3n) is 5.38. The van der Waals surface area contributed by atoms with Gasteiger partial charge in [0.25, 0.3) is 5.91 Å². The highest BCUT2D eigenvalue weighted by molar-refractivity contribution is 5.98. The van der Waals surface area contributed by atoms with E-state index < -0.39 is 30.2 Å². The standard InChI is InChI=1S/C21H28N6O5/c1-21(2,3)32-20(31)22-16-11-26(25-24-16)9-12-4-5-14-13(8-12)10-27(19(14)30)15-6-7-17(28)23-18(15)29/h4-5,8,11,15,17-18,23,28-29H,6-7,9-10H2,1-3H3,(H,22,31). The van der Waals surface area contributed by atoms with Crippen molar-refractivity contribution in [3.63, 3.8) is 0 Å². The molecule has 0 radical (unpaired) electrons. The summed E-state index contributed by atoms with van der Waals surface area (Å²) >= 11 is 0. The van der Waals surface area contributed by atoms with Crippen LogP contribution in [0.5, 0.6) is 0 Å². The molecule has 0 spiro atoms. The number of carbonyl (C=O) groups excluding carboxylic acids is 2. The lowest BCUT2D eigenvalue weighted by molar-refractivity contribution is -0.0477. The minimum Gasteiger partial charge on any atom is -0.444 e. The number of anilines is 1. The molecule has 11 nitrogen and oxygen atoms in total. The van der Waals surface area contributed by atoms with Crippen molar-refractivity contribution in [3.05, 3.63) is 41.1 Å². The van der Waals surface area contributed by atoms with E-state index in [1.54, 1.807) is 42.6 Å². The van der Waals surface area contributed by atoms with Crippen LogP contribution in [-0.2, 0) is 17.8 Å². The lowest BCUT2D eigenvalue weighted by Gasteiger charge is -2.37. The molecule has 4 N–H and O–H groups in total. The minimum atomic E-state index is -0.970. The molecule has 1 aromatic carbocycles. The molecular formula is C21H28N6O5. The summed E-state index contributed by atoms with van der Waals surface area (Å²) in [6.07, 6.45) is 0.262. The Morgan fingerprint density at radius 1 is 1.31 bits per heavy atom. The topological polar surface area (TPSA) is 142 Å². The average Bonchev–Trinajstić information content (AvgIpc) is 3.24. The van der Waals surface area contributed by atoms with Gasteiger partial charge in [-0.1, -0.05) is 17.3 Å². The summed E-state index contributed by atoms with van der Waals surface area (Å²) < 4.78 is 6.79. The number of aliphatic hydroxyl groups excluding tert-OH is 2. The van der Waals surface area contributed by atoms with E-state index in [9.17, 15) is 19.8 Å². The molecule has 3 heterocycles. The van der Waals surface area contributed by atoms with Crippen molar-refractivity contribution >= 4 is 17.8 Å². The van der Waals surface area contributed by atoms with Crippen LogP contribution in [0.2, 0.25) is 0 Å². The maximum Gasteiger partial charge on any atom is 0.413 e. The van der Waals surface area contributed by atoms with Crippen LogP contribution in [0, 0.1) is 0 Å². The number of aliphatic hydroxyl groups is 2. The Balaban J connectivity index is 1.41. The number of aromatic nitrogens is 3. The maximum absolute atomic E-state index is 12.8. The smallest absolute Gasteiger partial charge is 0.413 e. The van der Waals surface area contributed by atoms with Crippen LogP contribution in [0.1, 0.15) is 55.1 Å². The van der Waals surface area contributed by atoms with E-state index in [4.69, 9.17) is 4.74 Å². The molecule has 1 fully saturated rings. The predicted octanol–water partition coefficient (Wildman–Crippen LogP) is 1.02. The second kappa shape index (κ2) is 8.49. The highest BCUT2D eigenvalue weighted by Gasteiger charge is 2.38. The number of nitrogens with zero attached hydrogens (tertiary/aromatic N) is 4. The van der Waals surface area contributed by atoms with E-state index in [0.717, 1.165) is 11.1 Å². The van der Waals surface area contributed by atoms with Gasteiger partial charge >= 0.3 is 6.09 Å². The fourth-order valence-corrected chi connectivity index (χ4v) is 4.00. The van der Waals surface area contributed by atoms with Crippen molar-refractivity contribution in [2.24, 2.45) is 0 Å². The first-order chi connectivity index (χ1) is 15.1. The number of carbonyl (C=O) groups is 2. The first kappa shape index (κ1) is 22.2. The van der Waals surface area contributed by atoms with Gasteiger partial charge in [-0.15, -0.1) is 5.10 Å². The quantitative estimate of drug-likeness (QED) is 0.548. The number of hydrogen-bond acceptors (Lipinski definition) is 8. The molecule has 1 aromatic heterocycles. The van der Waals surface area contributed by atoms with Crippen LogP contribution in [-0.4, -0.2) is 66.2 Å². The Labute approximate surface area is 185 Å². The molecule has 172 valence electrons. The van der Waals surface area contributed by atoms with Crippen LogP contribution >= 0.6 is 0 Å². The van der Waals surface area contributed by atoms with Crippen molar-refractivity contribution < 1.29 is 24.5 Å². The van der Waals surface area contributed by atoms with Crippen LogP contribution in [0.25, 0.3) is 0 Å². The van der Waals surface area contributed by atoms with Gasteiger partial charge in [-0.05, 0) is 50.8 Å². The maximum atomic E-state index is 12.8. The summed E-state index contributed by atoms with van der Waals surface area (Å²) in [5, 5.41) is 33.1. The van der Waals surface area contributed by atoms with Gasteiger partial charge in [-0.3, -0.25) is 15.4 Å². The second-order valence-corrected chi connectivity index (χ2v) is 9.12. The Morgan fingerprint density at radius 2 is 2.09 bits per heavy atom.